The number of hydrogen-bond acceptors (Lipinski definition) is 6. The normalized spacial score (nSPS) is 14.6. The van der Waals surface area contributed by atoms with Crippen LogP contribution in [0.5, 0.6) is 11.5 Å². The first-order valence-electron chi connectivity index (χ1n) is 10.9. The Balaban J connectivity index is 1.55. The first-order valence-corrected chi connectivity index (χ1v) is 11.3. The molecule has 9 heteroatoms. The van der Waals surface area contributed by atoms with Gasteiger partial charge in [-0.05, 0) is 72.7 Å². The molecule has 0 aliphatic carbocycles. The molecule has 0 spiro atoms. The Labute approximate surface area is 212 Å². The van der Waals surface area contributed by atoms with E-state index in [1.165, 1.54) is 30.2 Å². The van der Waals surface area contributed by atoms with Crippen LogP contribution in [0.3, 0.4) is 0 Å². The van der Waals surface area contributed by atoms with Crippen LogP contribution in [0, 0.1) is 6.92 Å². The minimum absolute atomic E-state index is 0.0173. The molecular formula is C27H22N2O6S. The lowest BCUT2D eigenvalue weighted by molar-refractivity contribution is -0.122. The highest BCUT2D eigenvalue weighted by molar-refractivity contribution is 7.80. The largest absolute Gasteiger partial charge is 0.493 e. The van der Waals surface area contributed by atoms with Crippen molar-refractivity contribution in [3.05, 3.63) is 94.6 Å². The molecule has 1 heterocycles. The Morgan fingerprint density at radius 3 is 2.36 bits per heavy atom. The molecule has 1 saturated heterocycles. The second-order valence-corrected chi connectivity index (χ2v) is 8.38. The summed E-state index contributed by atoms with van der Waals surface area (Å²) in [6, 6.07) is 18.6. The summed E-state index contributed by atoms with van der Waals surface area (Å²) in [5.41, 5.74) is 3.04. The zero-order valence-electron chi connectivity index (χ0n) is 19.5. The standard InChI is InChI=1S/C27H22N2O6S/c1-16-3-10-20(11-4-16)29-25(31)21(24(30)28-27(29)36)13-18-7-12-22(23(14-18)34-2)35-15-17-5-8-19(9-6-17)26(32)33/h3-14H,15H2,1-2H3,(H,32,33)(H,28,30,36)/b21-13-. The van der Waals surface area contributed by atoms with Crippen LogP contribution < -0.4 is 19.7 Å². The van der Waals surface area contributed by atoms with E-state index in [1.807, 2.05) is 19.1 Å². The quantitative estimate of drug-likeness (QED) is 0.285. The van der Waals surface area contributed by atoms with E-state index in [-0.39, 0.29) is 22.9 Å². The maximum Gasteiger partial charge on any atom is 0.335 e. The predicted octanol–water partition coefficient (Wildman–Crippen LogP) is 4.11. The minimum atomic E-state index is -0.997. The Bertz CT molecular complexity index is 1380. The number of carbonyl (C=O) groups is 3. The van der Waals surface area contributed by atoms with Crippen molar-refractivity contribution < 1.29 is 29.0 Å². The van der Waals surface area contributed by atoms with E-state index in [4.69, 9.17) is 26.8 Å². The van der Waals surface area contributed by atoms with Crippen LogP contribution in [0.1, 0.15) is 27.0 Å². The van der Waals surface area contributed by atoms with Crippen LogP contribution in [-0.4, -0.2) is 35.1 Å². The van der Waals surface area contributed by atoms with Crippen LogP contribution in [-0.2, 0) is 16.2 Å². The van der Waals surface area contributed by atoms with Gasteiger partial charge in [-0.25, -0.2) is 4.79 Å². The molecule has 0 saturated carbocycles. The molecule has 1 aliphatic heterocycles. The lowest BCUT2D eigenvalue weighted by Gasteiger charge is -2.29. The molecule has 1 aliphatic rings. The van der Waals surface area contributed by atoms with Crippen molar-refractivity contribution in [2.45, 2.75) is 13.5 Å². The SMILES string of the molecule is COc1cc(/C=C2/C(=O)NC(=S)N(c3ccc(C)cc3)C2=O)ccc1OCc1ccc(C(=O)O)cc1. The fraction of sp³-hybridized carbons (Fsp3) is 0.111. The van der Waals surface area contributed by atoms with E-state index >= 15 is 0 Å². The van der Waals surface area contributed by atoms with Crippen molar-refractivity contribution in [3.63, 3.8) is 0 Å². The molecule has 0 bridgehead atoms. The molecule has 2 amide bonds. The predicted molar refractivity (Wildman–Crippen MR) is 138 cm³/mol. The Morgan fingerprint density at radius 2 is 1.72 bits per heavy atom. The number of benzene rings is 3. The highest BCUT2D eigenvalue weighted by Crippen LogP contribution is 2.30. The summed E-state index contributed by atoms with van der Waals surface area (Å²) >= 11 is 5.24. The number of methoxy groups -OCH3 is 1. The third kappa shape index (κ3) is 5.26. The van der Waals surface area contributed by atoms with Crippen molar-refractivity contribution in [1.29, 1.82) is 0 Å². The van der Waals surface area contributed by atoms with E-state index in [0.717, 1.165) is 11.1 Å². The molecule has 0 radical (unpaired) electrons. The summed E-state index contributed by atoms with van der Waals surface area (Å²) in [5, 5.41) is 11.6. The van der Waals surface area contributed by atoms with Crippen LogP contribution in [0.25, 0.3) is 6.08 Å². The van der Waals surface area contributed by atoms with Gasteiger partial charge in [-0.15, -0.1) is 0 Å². The summed E-state index contributed by atoms with van der Waals surface area (Å²) in [5.74, 6) is -1.26. The van der Waals surface area contributed by atoms with Crippen LogP contribution in [0.4, 0.5) is 5.69 Å². The molecule has 182 valence electrons. The lowest BCUT2D eigenvalue weighted by atomic mass is 10.1. The molecular weight excluding hydrogens is 480 g/mol. The van der Waals surface area contributed by atoms with Gasteiger partial charge in [0.15, 0.2) is 16.6 Å². The summed E-state index contributed by atoms with van der Waals surface area (Å²) in [7, 11) is 1.48. The third-order valence-corrected chi connectivity index (χ3v) is 5.77. The molecule has 0 unspecified atom stereocenters. The van der Waals surface area contributed by atoms with Gasteiger partial charge in [0, 0.05) is 0 Å². The van der Waals surface area contributed by atoms with Gasteiger partial charge >= 0.3 is 5.97 Å². The first kappa shape index (κ1) is 24.6. The van der Waals surface area contributed by atoms with Crippen LogP contribution >= 0.6 is 12.2 Å². The maximum atomic E-state index is 13.2. The molecule has 0 atom stereocenters. The molecule has 36 heavy (non-hydrogen) atoms. The number of aryl methyl sites for hydroxylation is 1. The fourth-order valence-electron chi connectivity index (χ4n) is 3.55. The van der Waals surface area contributed by atoms with Crippen molar-refractivity contribution in [1.82, 2.24) is 5.32 Å². The van der Waals surface area contributed by atoms with Crippen LogP contribution in [0.15, 0.2) is 72.3 Å². The Kier molecular flexibility index (Phi) is 7.12. The number of thiocarbonyl (C=S) groups is 1. The number of aromatic carboxylic acids is 1. The van der Waals surface area contributed by atoms with Crippen molar-refractivity contribution in [2.24, 2.45) is 0 Å². The maximum absolute atomic E-state index is 13.2. The second kappa shape index (κ2) is 10.4. The summed E-state index contributed by atoms with van der Waals surface area (Å²) in [6.07, 6.45) is 1.47. The number of anilines is 1. The molecule has 1 fully saturated rings. The minimum Gasteiger partial charge on any atom is -0.493 e. The highest BCUT2D eigenvalue weighted by Gasteiger charge is 2.34. The van der Waals surface area contributed by atoms with Gasteiger partial charge in [-0.2, -0.15) is 0 Å². The number of carboxylic acids is 1. The summed E-state index contributed by atoms with van der Waals surface area (Å²) in [4.78, 5) is 38.1. The van der Waals surface area contributed by atoms with Gasteiger partial charge in [0.25, 0.3) is 11.8 Å². The molecule has 4 rings (SSSR count). The molecule has 2 N–H and O–H groups in total. The number of carboxylic acid groups (broad SMARTS) is 1. The zero-order valence-corrected chi connectivity index (χ0v) is 20.3. The highest BCUT2D eigenvalue weighted by atomic mass is 32.1. The number of amides is 2. The Hall–Kier alpha value is -4.50. The van der Waals surface area contributed by atoms with Gasteiger partial charge in [0.05, 0.1) is 18.4 Å². The van der Waals surface area contributed by atoms with Crippen LogP contribution in [0.2, 0.25) is 0 Å². The number of ether oxygens (including phenoxy) is 2. The number of nitrogens with one attached hydrogen (secondary N) is 1. The number of carbonyl (C=O) groups excluding carboxylic acids is 2. The zero-order chi connectivity index (χ0) is 25.8. The van der Waals surface area contributed by atoms with Gasteiger partial charge in [0.2, 0.25) is 0 Å². The average molecular weight is 503 g/mol. The second-order valence-electron chi connectivity index (χ2n) is 7.99. The molecule has 3 aromatic carbocycles. The monoisotopic (exact) mass is 502 g/mol. The molecule has 0 aromatic heterocycles. The molecule has 8 nitrogen and oxygen atoms in total. The van der Waals surface area contributed by atoms with Gasteiger partial charge < -0.3 is 14.6 Å². The van der Waals surface area contributed by atoms with E-state index in [0.29, 0.717) is 22.7 Å². The number of hydrogen-bond donors (Lipinski definition) is 2. The summed E-state index contributed by atoms with van der Waals surface area (Å²) in [6.45, 7) is 2.13. The number of nitrogens with zero attached hydrogens (tertiary/aromatic N) is 1. The van der Waals surface area contributed by atoms with Crippen molar-refractivity contribution in [3.8, 4) is 11.5 Å². The van der Waals surface area contributed by atoms with E-state index < -0.39 is 17.8 Å². The van der Waals surface area contributed by atoms with Crippen molar-refractivity contribution in [2.75, 3.05) is 12.0 Å². The summed E-state index contributed by atoms with van der Waals surface area (Å²) < 4.78 is 11.3. The lowest BCUT2D eigenvalue weighted by Crippen LogP contribution is -2.54. The molecule has 3 aromatic rings. The topological polar surface area (TPSA) is 105 Å². The van der Waals surface area contributed by atoms with E-state index in [9.17, 15) is 14.4 Å². The smallest absolute Gasteiger partial charge is 0.335 e. The van der Waals surface area contributed by atoms with E-state index in [2.05, 4.69) is 5.32 Å². The van der Waals surface area contributed by atoms with Gasteiger partial charge in [0.1, 0.15) is 12.2 Å². The van der Waals surface area contributed by atoms with Gasteiger partial charge in [-0.3, -0.25) is 19.8 Å². The fourth-order valence-corrected chi connectivity index (χ4v) is 3.83. The number of rotatable bonds is 7. The third-order valence-electron chi connectivity index (χ3n) is 5.49. The Morgan fingerprint density at radius 1 is 1.03 bits per heavy atom. The van der Waals surface area contributed by atoms with Crippen molar-refractivity contribution >= 4 is 46.9 Å². The first-order chi connectivity index (χ1) is 17.3. The van der Waals surface area contributed by atoms with Gasteiger partial charge in [-0.1, -0.05) is 35.9 Å². The van der Waals surface area contributed by atoms with E-state index in [1.54, 1.807) is 42.5 Å². The average Bonchev–Trinajstić information content (AvgIpc) is 2.86.